The van der Waals surface area contributed by atoms with Gasteiger partial charge in [-0.15, -0.1) is 0 Å². The molecule has 0 saturated carbocycles. The molecule has 0 aliphatic carbocycles. The first kappa shape index (κ1) is 16.4. The molecule has 1 N–H and O–H groups in total. The van der Waals surface area contributed by atoms with Crippen molar-refractivity contribution in [3.05, 3.63) is 11.7 Å². The van der Waals surface area contributed by atoms with Crippen LogP contribution in [0.15, 0.2) is 4.52 Å². The predicted octanol–water partition coefficient (Wildman–Crippen LogP) is 1.16. The van der Waals surface area contributed by atoms with Gasteiger partial charge in [0.2, 0.25) is 5.89 Å². The molecule has 1 fully saturated rings. The van der Waals surface area contributed by atoms with Gasteiger partial charge in [-0.2, -0.15) is 4.98 Å². The lowest BCUT2D eigenvalue weighted by Crippen LogP contribution is -2.42. The monoisotopic (exact) mass is 296 g/mol. The minimum absolute atomic E-state index is 0.336. The molecule has 1 aliphatic rings. The van der Waals surface area contributed by atoms with Gasteiger partial charge < -0.3 is 14.5 Å². The zero-order valence-corrected chi connectivity index (χ0v) is 13.5. The third-order valence-corrected chi connectivity index (χ3v) is 4.10. The lowest BCUT2D eigenvalue weighted by molar-refractivity contribution is 0.0639. The summed E-state index contributed by atoms with van der Waals surface area (Å²) in [5.41, 5.74) is 0. The number of likely N-dealkylation sites (N-methyl/N-ethyl adjacent to an activating group) is 1. The van der Waals surface area contributed by atoms with E-state index < -0.39 is 0 Å². The van der Waals surface area contributed by atoms with E-state index in [2.05, 4.69) is 22.0 Å². The summed E-state index contributed by atoms with van der Waals surface area (Å²) in [5.74, 6) is 2.18. The van der Waals surface area contributed by atoms with E-state index in [1.165, 1.54) is 12.8 Å². The lowest BCUT2D eigenvalue weighted by atomic mass is 9.99. The van der Waals surface area contributed by atoms with Crippen LogP contribution in [-0.4, -0.2) is 64.4 Å². The van der Waals surface area contributed by atoms with Gasteiger partial charge in [0, 0.05) is 19.5 Å². The first-order chi connectivity index (χ1) is 10.1. The molecule has 1 saturated heterocycles. The molecule has 0 bridgehead atoms. The molecule has 6 heteroatoms. The average molecular weight is 296 g/mol. The van der Waals surface area contributed by atoms with Gasteiger partial charge in [-0.05, 0) is 38.9 Å². The Morgan fingerprint density at radius 3 is 2.76 bits per heavy atom. The highest BCUT2D eigenvalue weighted by Crippen LogP contribution is 2.16. The van der Waals surface area contributed by atoms with E-state index >= 15 is 0 Å². The SMILES string of the molecule is CCc1noc(CN(C)CC(O)CN2CCC(C)CC2)n1. The molecule has 1 unspecified atom stereocenters. The summed E-state index contributed by atoms with van der Waals surface area (Å²) in [6, 6.07) is 0. The second kappa shape index (κ2) is 7.87. The number of likely N-dealkylation sites (tertiary alicyclic amines) is 1. The molecule has 1 aliphatic heterocycles. The molecule has 6 nitrogen and oxygen atoms in total. The third kappa shape index (κ3) is 5.37. The topological polar surface area (TPSA) is 65.6 Å². The van der Waals surface area contributed by atoms with E-state index in [9.17, 15) is 5.11 Å². The van der Waals surface area contributed by atoms with Crippen LogP contribution in [0.4, 0.5) is 0 Å². The van der Waals surface area contributed by atoms with Crippen LogP contribution < -0.4 is 0 Å². The fourth-order valence-electron chi connectivity index (χ4n) is 2.75. The van der Waals surface area contributed by atoms with Crippen LogP contribution >= 0.6 is 0 Å². The molecular formula is C15H28N4O2. The zero-order valence-electron chi connectivity index (χ0n) is 13.5. The van der Waals surface area contributed by atoms with Gasteiger partial charge in [0.15, 0.2) is 5.82 Å². The number of aliphatic hydroxyl groups is 1. The molecule has 1 atom stereocenters. The largest absolute Gasteiger partial charge is 0.390 e. The quantitative estimate of drug-likeness (QED) is 0.814. The summed E-state index contributed by atoms with van der Waals surface area (Å²) in [6.45, 7) is 8.47. The van der Waals surface area contributed by atoms with Gasteiger partial charge in [0.25, 0.3) is 0 Å². The Bertz CT molecular complexity index is 416. The van der Waals surface area contributed by atoms with Crippen LogP contribution in [0.25, 0.3) is 0 Å². The number of rotatable bonds is 7. The first-order valence-corrected chi connectivity index (χ1v) is 7.97. The highest BCUT2D eigenvalue weighted by Gasteiger charge is 2.19. The highest BCUT2D eigenvalue weighted by molar-refractivity contribution is 4.85. The number of hydrogen-bond acceptors (Lipinski definition) is 6. The normalized spacial score (nSPS) is 19.3. The maximum Gasteiger partial charge on any atom is 0.240 e. The number of hydrogen-bond donors (Lipinski definition) is 1. The molecule has 1 aromatic rings. The van der Waals surface area contributed by atoms with Crippen molar-refractivity contribution in [3.8, 4) is 0 Å². The fraction of sp³-hybridized carbons (Fsp3) is 0.867. The Morgan fingerprint density at radius 1 is 1.43 bits per heavy atom. The van der Waals surface area contributed by atoms with Crippen molar-refractivity contribution in [3.63, 3.8) is 0 Å². The number of β-amino-alcohol motifs (C(OH)–C–C–N with tert-alkyl or cyclic N) is 1. The van der Waals surface area contributed by atoms with Crippen LogP contribution in [0.2, 0.25) is 0 Å². The Hall–Kier alpha value is -0.980. The standard InChI is InChI=1S/C15H28N4O2/c1-4-14-16-15(21-17-14)11-18(3)9-13(20)10-19-7-5-12(2)6-8-19/h12-13,20H,4-11H2,1-3H3. The predicted molar refractivity (Wildman–Crippen MR) is 80.9 cm³/mol. The second-order valence-corrected chi connectivity index (χ2v) is 6.29. The van der Waals surface area contributed by atoms with Crippen LogP contribution in [0.3, 0.4) is 0 Å². The Kier molecular flexibility index (Phi) is 6.14. The van der Waals surface area contributed by atoms with Crippen LogP contribution in [0.1, 0.15) is 38.4 Å². The molecule has 2 rings (SSSR count). The van der Waals surface area contributed by atoms with Crippen LogP contribution in [0.5, 0.6) is 0 Å². The second-order valence-electron chi connectivity index (χ2n) is 6.29. The van der Waals surface area contributed by atoms with Crippen molar-refractivity contribution >= 4 is 0 Å². The number of nitrogens with zero attached hydrogens (tertiary/aromatic N) is 4. The van der Waals surface area contributed by atoms with Crippen LogP contribution in [0, 0.1) is 5.92 Å². The summed E-state index contributed by atoms with van der Waals surface area (Å²) in [6.07, 6.45) is 2.93. The molecular weight excluding hydrogens is 268 g/mol. The molecule has 1 aromatic heterocycles. The minimum atomic E-state index is -0.336. The van der Waals surface area contributed by atoms with Gasteiger partial charge in [-0.1, -0.05) is 19.0 Å². The highest BCUT2D eigenvalue weighted by atomic mass is 16.5. The van der Waals surface area contributed by atoms with E-state index in [1.54, 1.807) is 0 Å². The molecule has 120 valence electrons. The van der Waals surface area contributed by atoms with Crippen molar-refractivity contribution in [2.45, 2.75) is 45.8 Å². The summed E-state index contributed by atoms with van der Waals surface area (Å²) in [7, 11) is 1.97. The Balaban J connectivity index is 1.70. The van der Waals surface area contributed by atoms with Gasteiger partial charge in [-0.3, -0.25) is 4.90 Å². The van der Waals surface area contributed by atoms with E-state index in [-0.39, 0.29) is 6.10 Å². The maximum atomic E-state index is 10.2. The molecule has 2 heterocycles. The van der Waals surface area contributed by atoms with Gasteiger partial charge in [-0.25, -0.2) is 0 Å². The average Bonchev–Trinajstić information content (AvgIpc) is 2.88. The number of aromatic nitrogens is 2. The maximum absolute atomic E-state index is 10.2. The number of aliphatic hydroxyl groups excluding tert-OH is 1. The fourth-order valence-corrected chi connectivity index (χ4v) is 2.75. The number of piperidine rings is 1. The van der Waals surface area contributed by atoms with E-state index in [0.717, 1.165) is 37.8 Å². The van der Waals surface area contributed by atoms with E-state index in [1.807, 2.05) is 18.9 Å². The third-order valence-electron chi connectivity index (χ3n) is 4.10. The van der Waals surface area contributed by atoms with Crippen molar-refractivity contribution in [2.75, 3.05) is 33.2 Å². The molecule has 0 spiro atoms. The van der Waals surface area contributed by atoms with Crippen molar-refractivity contribution < 1.29 is 9.63 Å². The number of aryl methyl sites for hydroxylation is 1. The smallest absolute Gasteiger partial charge is 0.240 e. The summed E-state index contributed by atoms with van der Waals surface area (Å²) in [5, 5.41) is 14.1. The zero-order chi connectivity index (χ0) is 15.2. The molecule has 0 amide bonds. The van der Waals surface area contributed by atoms with Gasteiger partial charge >= 0.3 is 0 Å². The Morgan fingerprint density at radius 2 is 2.14 bits per heavy atom. The molecule has 0 aromatic carbocycles. The van der Waals surface area contributed by atoms with E-state index in [0.29, 0.717) is 19.0 Å². The summed E-state index contributed by atoms with van der Waals surface area (Å²) in [4.78, 5) is 8.68. The molecule has 0 radical (unpaired) electrons. The molecule has 21 heavy (non-hydrogen) atoms. The summed E-state index contributed by atoms with van der Waals surface area (Å²) < 4.78 is 5.17. The summed E-state index contributed by atoms with van der Waals surface area (Å²) >= 11 is 0. The van der Waals surface area contributed by atoms with Gasteiger partial charge in [0.1, 0.15) is 0 Å². The van der Waals surface area contributed by atoms with Crippen molar-refractivity contribution in [1.29, 1.82) is 0 Å². The first-order valence-electron chi connectivity index (χ1n) is 7.97. The lowest BCUT2D eigenvalue weighted by Gasteiger charge is -2.32. The Labute approximate surface area is 127 Å². The van der Waals surface area contributed by atoms with E-state index in [4.69, 9.17) is 4.52 Å². The van der Waals surface area contributed by atoms with Gasteiger partial charge in [0.05, 0.1) is 12.6 Å². The van der Waals surface area contributed by atoms with Crippen molar-refractivity contribution in [1.82, 2.24) is 19.9 Å². The van der Waals surface area contributed by atoms with Crippen LogP contribution in [-0.2, 0) is 13.0 Å². The minimum Gasteiger partial charge on any atom is -0.390 e. The van der Waals surface area contributed by atoms with Crippen molar-refractivity contribution in [2.24, 2.45) is 5.92 Å².